The molecule has 5 heteroatoms. The van der Waals surface area contributed by atoms with Crippen LogP contribution in [0, 0.1) is 46.3 Å². The summed E-state index contributed by atoms with van der Waals surface area (Å²) in [6.07, 6.45) is 11.3. The van der Waals surface area contributed by atoms with Crippen molar-refractivity contribution in [2.24, 2.45) is 46.3 Å². The number of fused-ring (bicyclic) bond motifs is 5. The highest BCUT2D eigenvalue weighted by atomic mass is 16.5. The van der Waals surface area contributed by atoms with E-state index in [2.05, 4.69) is 45.1 Å². The maximum atomic E-state index is 11.7. The average molecular weight is 477 g/mol. The Morgan fingerprint density at radius 2 is 1.76 bits per heavy atom. The number of nitrogens with one attached hydrogen (secondary N) is 1. The lowest BCUT2D eigenvalue weighted by Crippen LogP contribution is -2.59. The Bertz CT molecular complexity index is 713. The zero-order chi connectivity index (χ0) is 24.7. The highest BCUT2D eigenvalue weighted by Gasteiger charge is 2.62. The first-order chi connectivity index (χ1) is 16.1. The van der Waals surface area contributed by atoms with Crippen LogP contribution < -0.4 is 5.32 Å². The van der Waals surface area contributed by atoms with E-state index in [1.54, 1.807) is 0 Å². The van der Waals surface area contributed by atoms with Gasteiger partial charge in [-0.2, -0.15) is 0 Å². The fourth-order valence-corrected chi connectivity index (χ4v) is 9.60. The molecule has 4 saturated carbocycles. The monoisotopic (exact) mass is 476 g/mol. The van der Waals surface area contributed by atoms with Gasteiger partial charge in [-0.25, -0.2) is 0 Å². The van der Waals surface area contributed by atoms with E-state index in [-0.39, 0.29) is 17.5 Å². The Morgan fingerprint density at radius 1 is 1.06 bits per heavy atom. The summed E-state index contributed by atoms with van der Waals surface area (Å²) in [5, 5.41) is 15.3. The molecule has 0 aromatic rings. The first-order valence-corrected chi connectivity index (χ1v) is 14.2. The fourth-order valence-electron chi connectivity index (χ4n) is 9.60. The fraction of sp³-hybridized carbons (Fsp3) is 0.966. The van der Waals surface area contributed by atoms with Crippen molar-refractivity contribution in [3.8, 4) is 0 Å². The Balaban J connectivity index is 1.43. The lowest BCUT2D eigenvalue weighted by atomic mass is 9.43. The van der Waals surface area contributed by atoms with Crippen molar-refractivity contribution in [1.29, 1.82) is 0 Å². The van der Waals surface area contributed by atoms with Crippen molar-refractivity contribution in [3.63, 3.8) is 0 Å². The third-order valence-electron chi connectivity index (χ3n) is 11.5. The van der Waals surface area contributed by atoms with Gasteiger partial charge >= 0.3 is 5.97 Å². The number of methoxy groups -OCH3 is 1. The second kappa shape index (κ2) is 10.4. The molecule has 0 saturated heterocycles. The van der Waals surface area contributed by atoms with Crippen LogP contribution in [0.25, 0.3) is 0 Å². The number of aliphatic hydroxyl groups is 1. The molecule has 4 fully saturated rings. The molecular weight excluding hydrogens is 424 g/mol. The Labute approximate surface area is 208 Å². The quantitative estimate of drug-likeness (QED) is 0.496. The van der Waals surface area contributed by atoms with Gasteiger partial charge in [0.1, 0.15) is 0 Å². The molecule has 5 nitrogen and oxygen atoms in total. The molecule has 2 N–H and O–H groups in total. The van der Waals surface area contributed by atoms with Crippen LogP contribution in [0.1, 0.15) is 85.0 Å². The first-order valence-electron chi connectivity index (χ1n) is 14.2. The van der Waals surface area contributed by atoms with Crippen molar-refractivity contribution < 1.29 is 14.6 Å². The summed E-state index contributed by atoms with van der Waals surface area (Å²) in [6.45, 7) is 9.59. The molecule has 34 heavy (non-hydrogen) atoms. The van der Waals surface area contributed by atoms with Gasteiger partial charge in [0.2, 0.25) is 0 Å². The Morgan fingerprint density at radius 3 is 2.47 bits per heavy atom. The van der Waals surface area contributed by atoms with Gasteiger partial charge in [-0.15, -0.1) is 0 Å². The predicted octanol–water partition coefficient (Wildman–Crippen LogP) is 4.73. The van der Waals surface area contributed by atoms with E-state index in [9.17, 15) is 9.90 Å². The maximum absolute atomic E-state index is 11.7. The van der Waals surface area contributed by atoms with Gasteiger partial charge < -0.3 is 20.1 Å². The minimum absolute atomic E-state index is 0.0727. The highest BCUT2D eigenvalue weighted by molar-refractivity contribution is 5.69. The van der Waals surface area contributed by atoms with Gasteiger partial charge in [-0.1, -0.05) is 20.8 Å². The molecule has 8 unspecified atom stereocenters. The molecule has 0 amide bonds. The zero-order valence-electron chi connectivity index (χ0n) is 22.8. The third kappa shape index (κ3) is 4.83. The van der Waals surface area contributed by atoms with Crippen LogP contribution in [0.2, 0.25) is 0 Å². The number of carbonyl (C=O) groups excluding carboxylic acids is 1. The molecule has 0 aliphatic heterocycles. The normalized spacial score (nSPS) is 44.8. The average Bonchev–Trinajstić information content (AvgIpc) is 3.15. The summed E-state index contributed by atoms with van der Waals surface area (Å²) in [6, 6.07) is 0.560. The van der Waals surface area contributed by atoms with Gasteiger partial charge in [-0.3, -0.25) is 4.79 Å². The molecule has 10 atom stereocenters. The Hall–Kier alpha value is -0.650. The summed E-state index contributed by atoms with van der Waals surface area (Å²) >= 11 is 0. The van der Waals surface area contributed by atoms with Gasteiger partial charge in [0, 0.05) is 25.6 Å². The summed E-state index contributed by atoms with van der Waals surface area (Å²) in [7, 11) is 5.76. The minimum atomic E-state index is -0.150. The molecule has 0 spiro atoms. The number of carbonyl (C=O) groups is 1. The third-order valence-corrected chi connectivity index (χ3v) is 11.5. The molecule has 4 aliphatic carbocycles. The summed E-state index contributed by atoms with van der Waals surface area (Å²) < 4.78 is 4.91. The van der Waals surface area contributed by atoms with Crippen LogP contribution in [0.3, 0.4) is 0 Å². The molecule has 4 aliphatic rings. The number of rotatable bonds is 8. The van der Waals surface area contributed by atoms with Crippen molar-refractivity contribution in [2.75, 3.05) is 34.3 Å². The number of hydrogen-bond acceptors (Lipinski definition) is 5. The number of ether oxygens (including phenoxy) is 1. The predicted molar refractivity (Wildman–Crippen MR) is 137 cm³/mol. The largest absolute Gasteiger partial charge is 0.469 e. The SMILES string of the molecule is COC(=O)CC[C@@H](C)C1CCC2C3C[C@H](O)C4CC(NCCN(C)C)CCC4(C)C3CCC21C. The van der Waals surface area contributed by atoms with E-state index in [0.717, 1.165) is 44.2 Å². The van der Waals surface area contributed by atoms with Crippen LogP contribution in [0.4, 0.5) is 0 Å². The minimum Gasteiger partial charge on any atom is -0.469 e. The van der Waals surface area contributed by atoms with Gasteiger partial charge in [0.15, 0.2) is 0 Å². The van der Waals surface area contributed by atoms with E-state index in [1.165, 1.54) is 45.6 Å². The zero-order valence-corrected chi connectivity index (χ0v) is 22.8. The smallest absolute Gasteiger partial charge is 0.305 e. The number of aliphatic hydroxyl groups excluding tert-OH is 1. The van der Waals surface area contributed by atoms with E-state index in [1.807, 2.05) is 0 Å². The maximum Gasteiger partial charge on any atom is 0.305 e. The molecular formula is C29H52N2O3. The van der Waals surface area contributed by atoms with Crippen LogP contribution in [-0.4, -0.2) is 62.4 Å². The lowest BCUT2D eigenvalue weighted by molar-refractivity contribution is -0.162. The molecule has 4 rings (SSSR count). The molecule has 0 radical (unpaired) electrons. The molecule has 0 aromatic heterocycles. The van der Waals surface area contributed by atoms with Crippen molar-refractivity contribution in [3.05, 3.63) is 0 Å². The van der Waals surface area contributed by atoms with Gasteiger partial charge in [0.05, 0.1) is 13.2 Å². The van der Waals surface area contributed by atoms with E-state index in [4.69, 9.17) is 4.74 Å². The number of esters is 1. The topological polar surface area (TPSA) is 61.8 Å². The molecule has 0 bridgehead atoms. The van der Waals surface area contributed by atoms with E-state index < -0.39 is 0 Å². The first kappa shape index (κ1) is 26.4. The van der Waals surface area contributed by atoms with Crippen LogP contribution >= 0.6 is 0 Å². The number of likely N-dealkylation sites (N-methyl/N-ethyl adjacent to an activating group) is 1. The van der Waals surface area contributed by atoms with Gasteiger partial charge in [0.25, 0.3) is 0 Å². The van der Waals surface area contributed by atoms with Crippen molar-refractivity contribution in [1.82, 2.24) is 10.2 Å². The summed E-state index contributed by atoms with van der Waals surface area (Å²) in [4.78, 5) is 14.0. The summed E-state index contributed by atoms with van der Waals surface area (Å²) in [5.74, 6) is 3.81. The van der Waals surface area contributed by atoms with E-state index in [0.29, 0.717) is 41.5 Å². The second-order valence-electron chi connectivity index (χ2n) is 13.3. The Kier molecular flexibility index (Phi) is 8.06. The van der Waals surface area contributed by atoms with Crippen LogP contribution in [-0.2, 0) is 9.53 Å². The second-order valence-corrected chi connectivity index (χ2v) is 13.3. The molecule has 196 valence electrons. The van der Waals surface area contributed by atoms with Gasteiger partial charge in [-0.05, 0) is 118 Å². The standard InChI is InChI=1S/C29H52N2O3/c1-19(7-10-27(33)34-6)22-8-9-23-21-18-26(32)25-17-20(30-15-16-31(4)5)11-13-29(25,3)24(21)12-14-28(22,23)2/h19-26,30,32H,7-18H2,1-6H3/t19-,20?,21?,22?,23?,24?,25?,26+,28?,29?/m1/s1. The van der Waals surface area contributed by atoms with Crippen LogP contribution in [0.5, 0.6) is 0 Å². The lowest BCUT2D eigenvalue weighted by Gasteiger charge is -2.62. The van der Waals surface area contributed by atoms with E-state index >= 15 is 0 Å². The van der Waals surface area contributed by atoms with Crippen LogP contribution in [0.15, 0.2) is 0 Å². The number of hydrogen-bond donors (Lipinski definition) is 2. The van der Waals surface area contributed by atoms with Crippen molar-refractivity contribution >= 4 is 5.97 Å². The highest BCUT2D eigenvalue weighted by Crippen LogP contribution is 2.68. The number of nitrogens with zero attached hydrogens (tertiary/aromatic N) is 1. The van der Waals surface area contributed by atoms with Crippen molar-refractivity contribution in [2.45, 2.75) is 97.1 Å². The summed E-state index contributed by atoms with van der Waals surface area (Å²) in [5.41, 5.74) is 0.655. The molecule has 0 aromatic carbocycles. The molecule has 0 heterocycles.